The maximum absolute atomic E-state index is 12.6. The fourth-order valence-corrected chi connectivity index (χ4v) is 8.09. The zero-order chi connectivity index (χ0) is 39.9. The molecule has 2 aromatic heterocycles. The maximum Gasteiger partial charge on any atom is 4.00 e. The molecule has 51 heavy (non-hydrogen) atoms. The van der Waals surface area contributed by atoms with Gasteiger partial charge in [-0.3, -0.25) is 9.97 Å². The molecule has 0 atom stereocenters. The van der Waals surface area contributed by atoms with E-state index in [1.54, 1.807) is 48.8 Å². The van der Waals surface area contributed by atoms with Gasteiger partial charge in [-0.1, -0.05) is 25.3 Å². The van der Waals surface area contributed by atoms with Crippen molar-refractivity contribution in [2.24, 2.45) is 0 Å². The van der Waals surface area contributed by atoms with Crippen molar-refractivity contribution in [2.75, 3.05) is 0 Å². The topological polar surface area (TPSA) is 173 Å². The minimum atomic E-state index is -3.91. The van der Waals surface area contributed by atoms with Crippen LogP contribution in [0.3, 0.4) is 0 Å². The number of hydrogen-bond acceptors (Lipinski definition) is 12. The molecule has 0 unspecified atom stereocenters. The van der Waals surface area contributed by atoms with Crippen LogP contribution >= 0.6 is 0 Å². The minimum absolute atomic E-state index is 0. The Morgan fingerprint density at radius 3 is 0.725 bits per heavy atom. The molecule has 0 saturated carbocycles. The summed E-state index contributed by atoms with van der Waals surface area (Å²) in [6.07, 6.45) is 3.24. The van der Waals surface area contributed by atoms with Gasteiger partial charge in [-0.15, -0.1) is 0 Å². The van der Waals surface area contributed by atoms with E-state index in [4.69, 9.17) is 26.6 Å². The first-order chi connectivity index (χ1) is 22.1. The summed E-state index contributed by atoms with van der Waals surface area (Å²) in [5.41, 5.74) is -2.27. The van der Waals surface area contributed by atoms with Crippen molar-refractivity contribution in [1.29, 1.82) is 0 Å². The third-order valence-electron chi connectivity index (χ3n) is 4.34. The van der Waals surface area contributed by atoms with E-state index in [0.717, 1.165) is 0 Å². The Morgan fingerprint density at radius 1 is 0.431 bits per heavy atom. The smallest absolute Gasteiger partial charge is 0.850 e. The molecule has 2 aromatic rings. The molecule has 0 bridgehead atoms. The van der Waals surface area contributed by atoms with Gasteiger partial charge in [0.05, 0.1) is 33.6 Å². The molecule has 0 fully saturated rings. The molecule has 0 N–H and O–H groups in total. The standard InChI is InChI=1S/2C12H27O4Si.2C6H6NO.Ti/c2*1-10(2,3)14-17(13,15-11(4,5)6)16-12(7,8)9;2*8-5-6-3-1-2-4-7-6;/h2*1-9H3;2*1-4H,5H2;/q4*-1;+4. The Morgan fingerprint density at radius 2 is 0.627 bits per heavy atom. The second-order valence-corrected chi connectivity index (χ2v) is 20.4. The van der Waals surface area contributed by atoms with E-state index < -0.39 is 51.7 Å². The Bertz CT molecular complexity index is 997. The predicted molar refractivity (Wildman–Crippen MR) is 192 cm³/mol. The second-order valence-electron chi connectivity index (χ2n) is 17.2. The van der Waals surface area contributed by atoms with Gasteiger partial charge in [0.1, 0.15) is 0 Å². The molecule has 0 aromatic carbocycles. The third-order valence-corrected chi connectivity index (χ3v) is 9.51. The Hall–Kier alpha value is -0.952. The van der Waals surface area contributed by atoms with Crippen molar-refractivity contribution >= 4 is 18.1 Å². The summed E-state index contributed by atoms with van der Waals surface area (Å²) in [6, 6.07) is 10.6. The molecule has 0 radical (unpaired) electrons. The van der Waals surface area contributed by atoms with E-state index in [1.807, 2.05) is 125 Å². The van der Waals surface area contributed by atoms with Crippen LogP contribution in [0, 0.1) is 0 Å². The van der Waals surface area contributed by atoms with Crippen LogP contribution < -0.4 is 19.8 Å². The van der Waals surface area contributed by atoms with Gasteiger partial charge in [-0.25, -0.2) is 0 Å². The van der Waals surface area contributed by atoms with Crippen LogP contribution in [-0.4, -0.2) is 61.7 Å². The molecule has 0 aliphatic carbocycles. The van der Waals surface area contributed by atoms with E-state index in [0.29, 0.717) is 11.4 Å². The predicted octanol–water partition coefficient (Wildman–Crippen LogP) is 4.34. The van der Waals surface area contributed by atoms with Crippen molar-refractivity contribution in [3.05, 3.63) is 60.2 Å². The second kappa shape index (κ2) is 22.4. The average molecular weight is 791 g/mol. The Balaban J connectivity index is -0.000000630. The van der Waals surface area contributed by atoms with E-state index >= 15 is 0 Å². The molecule has 0 spiro atoms. The van der Waals surface area contributed by atoms with Crippen LogP contribution in [0.4, 0.5) is 0 Å². The number of aromatic nitrogens is 2. The van der Waals surface area contributed by atoms with Crippen molar-refractivity contribution in [3.63, 3.8) is 0 Å². The summed E-state index contributed by atoms with van der Waals surface area (Å²) in [4.78, 5) is 32.8. The van der Waals surface area contributed by atoms with Gasteiger partial charge in [-0.05, 0) is 149 Å². The molecule has 2 heterocycles. The van der Waals surface area contributed by atoms with E-state index in [-0.39, 0.29) is 34.9 Å². The molecule has 15 heteroatoms. The first-order valence-electron chi connectivity index (χ1n) is 16.7. The summed E-state index contributed by atoms with van der Waals surface area (Å²) in [5, 5.41) is 20.1. The molecule has 0 amide bonds. The minimum Gasteiger partial charge on any atom is -0.850 e. The number of hydrogen-bond donors (Lipinski definition) is 0. The summed E-state index contributed by atoms with van der Waals surface area (Å²) in [6.45, 7) is 32.4. The van der Waals surface area contributed by atoms with Crippen LogP contribution in [0.25, 0.3) is 0 Å². The quantitative estimate of drug-likeness (QED) is 0.347. The van der Waals surface area contributed by atoms with Gasteiger partial charge in [0, 0.05) is 23.8 Å². The summed E-state index contributed by atoms with van der Waals surface area (Å²) in [7, 11) is -7.81. The van der Waals surface area contributed by atoms with Crippen LogP contribution in [0.5, 0.6) is 0 Å². The van der Waals surface area contributed by atoms with Gasteiger partial charge in [0.25, 0.3) is 0 Å². The van der Waals surface area contributed by atoms with Gasteiger partial charge in [0.15, 0.2) is 0 Å². The number of nitrogens with zero attached hydrogens (tertiary/aromatic N) is 2. The number of rotatable bonds is 8. The van der Waals surface area contributed by atoms with Crippen LogP contribution in [0.2, 0.25) is 0 Å². The summed E-state index contributed by atoms with van der Waals surface area (Å²) in [5.74, 6) is 0. The van der Waals surface area contributed by atoms with Crippen molar-refractivity contribution in [1.82, 2.24) is 9.97 Å². The normalized spacial score (nSPS) is 13.0. The third kappa shape index (κ3) is 35.8. The SMILES string of the molecule is CC(C)(C)O[Si]([O-])(OC(C)(C)C)OC(C)(C)C.CC(C)(C)O[Si]([O-])(OC(C)(C)C)OC(C)(C)C.[O-]Cc1ccccn1.[O-]Cc1ccccn1.[Ti+4]. The Labute approximate surface area is 326 Å². The molecular formula is C36H66N2O10Si2Ti. The van der Waals surface area contributed by atoms with E-state index in [1.165, 1.54) is 0 Å². The van der Waals surface area contributed by atoms with Crippen molar-refractivity contribution in [3.8, 4) is 0 Å². The first kappa shape index (κ1) is 54.4. The van der Waals surface area contributed by atoms with Crippen LogP contribution in [-0.2, 0) is 61.5 Å². The van der Waals surface area contributed by atoms with Crippen LogP contribution in [0.15, 0.2) is 48.8 Å². The fraction of sp³-hybridized carbons (Fsp3) is 0.722. The van der Waals surface area contributed by atoms with Gasteiger partial charge >= 0.3 is 39.8 Å². The molecule has 292 valence electrons. The van der Waals surface area contributed by atoms with Crippen LogP contribution in [0.1, 0.15) is 136 Å². The Kier molecular flexibility index (Phi) is 23.9. The van der Waals surface area contributed by atoms with Gasteiger partial charge in [-0.2, -0.15) is 0 Å². The zero-order valence-corrected chi connectivity index (χ0v) is 38.1. The fourth-order valence-electron chi connectivity index (χ4n) is 3.34. The summed E-state index contributed by atoms with van der Waals surface area (Å²) >= 11 is 0. The molecule has 0 aliphatic rings. The van der Waals surface area contributed by atoms with E-state index in [9.17, 15) is 19.8 Å². The monoisotopic (exact) mass is 790 g/mol. The number of pyridine rings is 2. The van der Waals surface area contributed by atoms with Gasteiger partial charge < -0.3 is 46.4 Å². The summed E-state index contributed by atoms with van der Waals surface area (Å²) < 4.78 is 33.1. The van der Waals surface area contributed by atoms with Crippen molar-refractivity contribution in [2.45, 2.75) is 171 Å². The van der Waals surface area contributed by atoms with E-state index in [2.05, 4.69) is 9.97 Å². The molecule has 2 rings (SSSR count). The first-order valence-corrected chi connectivity index (χ1v) is 19.9. The molecular weight excluding hydrogens is 724 g/mol. The largest absolute Gasteiger partial charge is 4.00 e. The molecule has 0 saturated heterocycles. The van der Waals surface area contributed by atoms with Crippen molar-refractivity contribution < 1.29 is 68.1 Å². The maximum atomic E-state index is 12.6. The zero-order valence-electron chi connectivity index (χ0n) is 34.5. The molecule has 12 nitrogen and oxygen atoms in total. The average Bonchev–Trinajstić information content (AvgIpc) is 2.83. The van der Waals surface area contributed by atoms with Gasteiger partial charge in [0.2, 0.25) is 0 Å². The molecule has 0 aliphatic heterocycles.